The van der Waals surface area contributed by atoms with Crippen LogP contribution in [0, 0.1) is 0 Å². The average molecular weight is 280 g/mol. The van der Waals surface area contributed by atoms with Crippen LogP contribution in [0.2, 0.25) is 0 Å². The Kier molecular flexibility index (Phi) is 5.47. The van der Waals surface area contributed by atoms with Gasteiger partial charge in [0.1, 0.15) is 0 Å². The number of benzene rings is 1. The molecule has 18 heavy (non-hydrogen) atoms. The topological polar surface area (TPSA) is 29.1 Å². The SMILES string of the molecule is O=C(CCCCCl)Nc1ccc(C(F)(F)F)cc1. The van der Waals surface area contributed by atoms with Gasteiger partial charge >= 0.3 is 6.18 Å². The predicted molar refractivity (Wildman–Crippen MR) is 64.6 cm³/mol. The molecule has 0 saturated carbocycles. The zero-order valence-electron chi connectivity index (χ0n) is 9.56. The first kappa shape index (κ1) is 14.8. The molecule has 1 aromatic rings. The van der Waals surface area contributed by atoms with Crippen molar-refractivity contribution in [2.75, 3.05) is 11.2 Å². The van der Waals surface area contributed by atoms with E-state index in [-0.39, 0.29) is 5.91 Å². The Balaban J connectivity index is 2.51. The van der Waals surface area contributed by atoms with Crippen molar-refractivity contribution < 1.29 is 18.0 Å². The van der Waals surface area contributed by atoms with E-state index in [1.165, 1.54) is 12.1 Å². The molecule has 0 heterocycles. The highest BCUT2D eigenvalue weighted by atomic mass is 35.5. The lowest BCUT2D eigenvalue weighted by molar-refractivity contribution is -0.137. The molecule has 0 spiro atoms. The van der Waals surface area contributed by atoms with Crippen molar-refractivity contribution in [3.8, 4) is 0 Å². The molecule has 0 aromatic heterocycles. The highest BCUT2D eigenvalue weighted by Gasteiger charge is 2.29. The Hall–Kier alpha value is -1.23. The molecule has 6 heteroatoms. The molecule has 0 fully saturated rings. The van der Waals surface area contributed by atoms with E-state index in [2.05, 4.69) is 5.32 Å². The number of hydrogen-bond acceptors (Lipinski definition) is 1. The van der Waals surface area contributed by atoms with Gasteiger partial charge in [-0.3, -0.25) is 4.79 Å². The third kappa shape index (κ3) is 4.96. The molecule has 0 radical (unpaired) electrons. The van der Waals surface area contributed by atoms with E-state index < -0.39 is 11.7 Å². The maximum atomic E-state index is 12.3. The third-order valence-corrected chi connectivity index (χ3v) is 2.55. The number of halogens is 4. The van der Waals surface area contributed by atoms with Crippen LogP contribution >= 0.6 is 11.6 Å². The number of nitrogens with one attached hydrogen (secondary N) is 1. The maximum absolute atomic E-state index is 12.3. The van der Waals surface area contributed by atoms with Crippen molar-refractivity contribution in [2.45, 2.75) is 25.4 Å². The molecule has 0 aliphatic carbocycles. The van der Waals surface area contributed by atoms with Gasteiger partial charge in [0, 0.05) is 18.0 Å². The van der Waals surface area contributed by atoms with Crippen molar-refractivity contribution in [2.24, 2.45) is 0 Å². The molecule has 1 aromatic carbocycles. The quantitative estimate of drug-likeness (QED) is 0.639. The Morgan fingerprint density at radius 2 is 1.78 bits per heavy atom. The Bertz CT molecular complexity index is 389. The molecule has 0 aliphatic rings. The average Bonchev–Trinajstić information content (AvgIpc) is 2.29. The minimum absolute atomic E-state index is 0.222. The minimum atomic E-state index is -4.36. The van der Waals surface area contributed by atoms with Crippen molar-refractivity contribution in [1.82, 2.24) is 0 Å². The van der Waals surface area contributed by atoms with E-state index in [1.807, 2.05) is 0 Å². The smallest absolute Gasteiger partial charge is 0.326 e. The van der Waals surface area contributed by atoms with Crippen LogP contribution in [-0.2, 0) is 11.0 Å². The first-order chi connectivity index (χ1) is 8.43. The number of carbonyl (C=O) groups excluding carboxylic acids is 1. The standard InChI is InChI=1S/C12H13ClF3NO/c13-8-2-1-3-11(18)17-10-6-4-9(5-7-10)12(14,15)16/h4-7H,1-3,8H2,(H,17,18). The molecule has 0 unspecified atom stereocenters. The van der Waals surface area contributed by atoms with E-state index in [0.29, 0.717) is 24.4 Å². The molecule has 0 saturated heterocycles. The second-order valence-electron chi connectivity index (χ2n) is 3.77. The Morgan fingerprint density at radius 1 is 1.17 bits per heavy atom. The van der Waals surface area contributed by atoms with Crippen molar-refractivity contribution in [3.63, 3.8) is 0 Å². The molecular weight excluding hydrogens is 267 g/mol. The number of hydrogen-bond donors (Lipinski definition) is 1. The van der Waals surface area contributed by atoms with Crippen LogP contribution < -0.4 is 5.32 Å². The third-order valence-electron chi connectivity index (χ3n) is 2.28. The fourth-order valence-corrected chi connectivity index (χ4v) is 1.54. The van der Waals surface area contributed by atoms with E-state index in [4.69, 9.17) is 11.6 Å². The molecule has 1 amide bonds. The second-order valence-corrected chi connectivity index (χ2v) is 4.15. The molecule has 0 atom stereocenters. The summed E-state index contributed by atoms with van der Waals surface area (Å²) in [5.74, 6) is 0.271. The van der Waals surface area contributed by atoms with Crippen LogP contribution in [0.5, 0.6) is 0 Å². The van der Waals surface area contributed by atoms with Crippen LogP contribution in [0.3, 0.4) is 0 Å². The molecule has 0 aliphatic heterocycles. The number of anilines is 1. The van der Waals surface area contributed by atoms with E-state index in [9.17, 15) is 18.0 Å². The van der Waals surface area contributed by atoms with Crippen LogP contribution in [0.1, 0.15) is 24.8 Å². The summed E-state index contributed by atoms with van der Waals surface area (Å²) in [5.41, 5.74) is -0.374. The highest BCUT2D eigenvalue weighted by molar-refractivity contribution is 6.17. The zero-order chi connectivity index (χ0) is 13.6. The largest absolute Gasteiger partial charge is 0.416 e. The van der Waals surface area contributed by atoms with Crippen molar-refractivity contribution >= 4 is 23.2 Å². The number of carbonyl (C=O) groups is 1. The zero-order valence-corrected chi connectivity index (χ0v) is 10.3. The lowest BCUT2D eigenvalue weighted by Crippen LogP contribution is -2.11. The van der Waals surface area contributed by atoms with Gasteiger partial charge in [-0.25, -0.2) is 0 Å². The van der Waals surface area contributed by atoms with Crippen LogP contribution in [0.25, 0.3) is 0 Å². The van der Waals surface area contributed by atoms with Gasteiger partial charge in [-0.15, -0.1) is 11.6 Å². The lowest BCUT2D eigenvalue weighted by atomic mass is 10.2. The summed E-state index contributed by atoms with van der Waals surface area (Å²) in [7, 11) is 0. The number of amides is 1. The van der Waals surface area contributed by atoms with Crippen LogP contribution in [-0.4, -0.2) is 11.8 Å². The maximum Gasteiger partial charge on any atom is 0.416 e. The normalized spacial score (nSPS) is 11.3. The van der Waals surface area contributed by atoms with Gasteiger partial charge in [-0.05, 0) is 37.1 Å². The van der Waals surface area contributed by atoms with Gasteiger partial charge in [0.2, 0.25) is 5.91 Å². The monoisotopic (exact) mass is 279 g/mol. The van der Waals surface area contributed by atoms with Crippen molar-refractivity contribution in [1.29, 1.82) is 0 Å². The van der Waals surface area contributed by atoms with E-state index in [1.54, 1.807) is 0 Å². The van der Waals surface area contributed by atoms with Crippen LogP contribution in [0.15, 0.2) is 24.3 Å². The predicted octanol–water partition coefficient (Wildman–Crippen LogP) is 4.05. The molecule has 2 nitrogen and oxygen atoms in total. The number of alkyl halides is 4. The van der Waals surface area contributed by atoms with Crippen LogP contribution in [0.4, 0.5) is 18.9 Å². The van der Waals surface area contributed by atoms with Gasteiger partial charge in [-0.1, -0.05) is 0 Å². The second kappa shape index (κ2) is 6.64. The number of rotatable bonds is 5. The summed E-state index contributed by atoms with van der Waals surface area (Å²) >= 11 is 5.47. The minimum Gasteiger partial charge on any atom is -0.326 e. The van der Waals surface area contributed by atoms with Gasteiger partial charge < -0.3 is 5.32 Å². The van der Waals surface area contributed by atoms with Gasteiger partial charge in [0.15, 0.2) is 0 Å². The van der Waals surface area contributed by atoms with E-state index >= 15 is 0 Å². The molecular formula is C12H13ClF3NO. The summed E-state index contributed by atoms with van der Waals surface area (Å²) in [4.78, 5) is 11.4. The van der Waals surface area contributed by atoms with E-state index in [0.717, 1.165) is 18.6 Å². The first-order valence-electron chi connectivity index (χ1n) is 5.46. The first-order valence-corrected chi connectivity index (χ1v) is 6.00. The number of unbranched alkanes of at least 4 members (excludes halogenated alkanes) is 1. The molecule has 1 N–H and O–H groups in total. The lowest BCUT2D eigenvalue weighted by Gasteiger charge is -2.08. The Labute approximate surface area is 108 Å². The highest BCUT2D eigenvalue weighted by Crippen LogP contribution is 2.29. The molecule has 0 bridgehead atoms. The summed E-state index contributed by atoms with van der Waals surface area (Å²) < 4.78 is 36.9. The summed E-state index contributed by atoms with van der Waals surface area (Å²) in [6.07, 6.45) is -2.64. The van der Waals surface area contributed by atoms with Gasteiger partial charge in [0.25, 0.3) is 0 Å². The molecule has 1 rings (SSSR count). The fourth-order valence-electron chi connectivity index (χ4n) is 1.35. The Morgan fingerprint density at radius 3 is 2.28 bits per heavy atom. The summed E-state index contributed by atoms with van der Waals surface area (Å²) in [6, 6.07) is 4.35. The van der Waals surface area contributed by atoms with Gasteiger partial charge in [0.05, 0.1) is 5.56 Å². The van der Waals surface area contributed by atoms with Gasteiger partial charge in [-0.2, -0.15) is 13.2 Å². The summed E-state index contributed by atoms with van der Waals surface area (Å²) in [5, 5.41) is 2.53. The summed E-state index contributed by atoms with van der Waals surface area (Å²) in [6.45, 7) is 0. The van der Waals surface area contributed by atoms with Crippen molar-refractivity contribution in [3.05, 3.63) is 29.8 Å². The molecule has 100 valence electrons. The fraction of sp³-hybridized carbons (Fsp3) is 0.417.